The lowest BCUT2D eigenvalue weighted by Crippen LogP contribution is -2.45. The average molecular weight is 269 g/mol. The summed E-state index contributed by atoms with van der Waals surface area (Å²) in [4.78, 5) is 23.3. The Balaban J connectivity index is 2.08. The van der Waals surface area contributed by atoms with Crippen LogP contribution in [0.4, 0.5) is 0 Å². The van der Waals surface area contributed by atoms with Gasteiger partial charge in [-0.3, -0.25) is 9.59 Å². The van der Waals surface area contributed by atoms with E-state index in [9.17, 15) is 9.59 Å². The summed E-state index contributed by atoms with van der Waals surface area (Å²) in [6.45, 7) is 8.12. The first-order valence-corrected chi connectivity index (χ1v) is 7.18. The van der Waals surface area contributed by atoms with Crippen molar-refractivity contribution in [3.05, 3.63) is 0 Å². The lowest BCUT2D eigenvalue weighted by molar-refractivity contribution is -0.128. The van der Waals surface area contributed by atoms with Crippen LogP contribution < -0.4 is 16.0 Å². The van der Waals surface area contributed by atoms with E-state index >= 15 is 0 Å². The minimum Gasteiger partial charge on any atom is -0.356 e. The third-order valence-electron chi connectivity index (χ3n) is 3.21. The van der Waals surface area contributed by atoms with Crippen molar-refractivity contribution in [3.8, 4) is 0 Å². The summed E-state index contributed by atoms with van der Waals surface area (Å²) in [5, 5.41) is 9.14. The van der Waals surface area contributed by atoms with Gasteiger partial charge in [0.25, 0.3) is 0 Å². The Kier molecular flexibility index (Phi) is 6.28. The van der Waals surface area contributed by atoms with E-state index < -0.39 is 0 Å². The Morgan fingerprint density at radius 3 is 2.63 bits per heavy atom. The number of hydrogen-bond donors (Lipinski definition) is 3. The van der Waals surface area contributed by atoms with Gasteiger partial charge in [0.1, 0.15) is 0 Å². The minimum absolute atomic E-state index is 0.0318. The van der Waals surface area contributed by atoms with Crippen molar-refractivity contribution in [1.29, 1.82) is 0 Å². The molecule has 2 amide bonds. The predicted octanol–water partition coefficient (Wildman–Crippen LogP) is 0.797. The first-order valence-electron chi connectivity index (χ1n) is 7.18. The van der Waals surface area contributed by atoms with E-state index in [1.807, 2.05) is 20.8 Å². The van der Waals surface area contributed by atoms with Crippen molar-refractivity contribution in [3.63, 3.8) is 0 Å². The highest BCUT2D eigenvalue weighted by Gasteiger charge is 2.20. The Bertz CT molecular complexity index is 304. The van der Waals surface area contributed by atoms with Gasteiger partial charge in [0.05, 0.1) is 0 Å². The number of carbonyl (C=O) groups is 2. The van der Waals surface area contributed by atoms with Crippen LogP contribution in [0.15, 0.2) is 0 Å². The zero-order chi connectivity index (χ0) is 14.3. The summed E-state index contributed by atoms with van der Waals surface area (Å²) in [5.74, 6) is 0.114. The molecule has 1 aliphatic heterocycles. The third kappa shape index (κ3) is 6.57. The van der Waals surface area contributed by atoms with Gasteiger partial charge in [0, 0.05) is 31.0 Å². The van der Waals surface area contributed by atoms with Crippen molar-refractivity contribution in [2.75, 3.05) is 19.6 Å². The van der Waals surface area contributed by atoms with E-state index in [0.29, 0.717) is 19.4 Å². The van der Waals surface area contributed by atoms with Gasteiger partial charge in [-0.1, -0.05) is 20.8 Å². The van der Waals surface area contributed by atoms with Crippen LogP contribution in [-0.2, 0) is 9.59 Å². The predicted molar refractivity (Wildman–Crippen MR) is 75.7 cm³/mol. The molecule has 1 saturated heterocycles. The second-order valence-corrected chi connectivity index (χ2v) is 6.22. The zero-order valence-corrected chi connectivity index (χ0v) is 12.3. The Morgan fingerprint density at radius 1 is 1.32 bits per heavy atom. The molecule has 0 aromatic carbocycles. The van der Waals surface area contributed by atoms with Gasteiger partial charge in [0.2, 0.25) is 11.8 Å². The normalized spacial score (nSPS) is 19.8. The van der Waals surface area contributed by atoms with Crippen LogP contribution >= 0.6 is 0 Å². The molecular formula is C14H27N3O2. The van der Waals surface area contributed by atoms with E-state index in [2.05, 4.69) is 16.0 Å². The van der Waals surface area contributed by atoms with Crippen molar-refractivity contribution >= 4 is 11.8 Å². The fourth-order valence-corrected chi connectivity index (χ4v) is 1.99. The number of nitrogens with one attached hydrogen (secondary N) is 3. The molecule has 0 spiro atoms. The molecule has 0 aromatic heterocycles. The molecule has 0 radical (unpaired) electrons. The first kappa shape index (κ1) is 16.0. The summed E-state index contributed by atoms with van der Waals surface area (Å²) in [5.41, 5.74) is -0.365. The van der Waals surface area contributed by atoms with Gasteiger partial charge >= 0.3 is 0 Å². The Hall–Kier alpha value is -1.10. The molecule has 1 unspecified atom stereocenters. The summed E-state index contributed by atoms with van der Waals surface area (Å²) in [6, 6.07) is 0.269. The van der Waals surface area contributed by atoms with Crippen LogP contribution in [0.2, 0.25) is 0 Å². The number of rotatable bonds is 5. The Morgan fingerprint density at radius 2 is 2.05 bits per heavy atom. The van der Waals surface area contributed by atoms with Crippen molar-refractivity contribution in [2.45, 2.75) is 52.5 Å². The van der Waals surface area contributed by atoms with Crippen LogP contribution in [0.25, 0.3) is 0 Å². The summed E-state index contributed by atoms with van der Waals surface area (Å²) in [6.07, 6.45) is 3.33. The highest BCUT2D eigenvalue weighted by Crippen LogP contribution is 2.12. The lowest BCUT2D eigenvalue weighted by Gasteiger charge is -2.23. The average Bonchev–Trinajstić information content (AvgIpc) is 2.34. The molecule has 1 heterocycles. The van der Waals surface area contributed by atoms with Crippen molar-refractivity contribution in [2.24, 2.45) is 5.41 Å². The molecule has 1 rings (SSSR count). The summed E-state index contributed by atoms with van der Waals surface area (Å²) >= 11 is 0. The van der Waals surface area contributed by atoms with E-state index in [1.165, 1.54) is 0 Å². The SMILES string of the molecule is CC(C)(C)C(=O)NCCCC(=O)NC1CCCNC1. The first-order chi connectivity index (χ1) is 8.89. The van der Waals surface area contributed by atoms with Gasteiger partial charge in [0.15, 0.2) is 0 Å². The van der Waals surface area contributed by atoms with Crippen LogP contribution in [0.5, 0.6) is 0 Å². The van der Waals surface area contributed by atoms with Crippen LogP contribution in [0, 0.1) is 5.41 Å². The van der Waals surface area contributed by atoms with Crippen molar-refractivity contribution < 1.29 is 9.59 Å². The molecule has 1 fully saturated rings. The summed E-state index contributed by atoms with van der Waals surface area (Å²) in [7, 11) is 0. The molecule has 1 atom stereocenters. The maximum atomic E-state index is 11.7. The molecule has 0 saturated carbocycles. The van der Waals surface area contributed by atoms with Crippen LogP contribution in [0.1, 0.15) is 46.5 Å². The van der Waals surface area contributed by atoms with Gasteiger partial charge in [-0.2, -0.15) is 0 Å². The Labute approximate surface area is 115 Å². The molecule has 1 aliphatic rings. The van der Waals surface area contributed by atoms with Crippen LogP contribution in [-0.4, -0.2) is 37.5 Å². The van der Waals surface area contributed by atoms with Gasteiger partial charge < -0.3 is 16.0 Å². The second-order valence-electron chi connectivity index (χ2n) is 6.22. The fourth-order valence-electron chi connectivity index (χ4n) is 1.99. The van der Waals surface area contributed by atoms with Gasteiger partial charge in [-0.05, 0) is 25.8 Å². The lowest BCUT2D eigenvalue weighted by atomic mass is 9.96. The zero-order valence-electron chi connectivity index (χ0n) is 12.3. The maximum Gasteiger partial charge on any atom is 0.225 e. The number of carbonyl (C=O) groups excluding carboxylic acids is 2. The van der Waals surface area contributed by atoms with Crippen molar-refractivity contribution in [1.82, 2.24) is 16.0 Å². The van der Waals surface area contributed by atoms with Gasteiger partial charge in [-0.15, -0.1) is 0 Å². The van der Waals surface area contributed by atoms with Gasteiger partial charge in [-0.25, -0.2) is 0 Å². The topological polar surface area (TPSA) is 70.2 Å². The molecular weight excluding hydrogens is 242 g/mol. The molecule has 5 heteroatoms. The molecule has 0 aliphatic carbocycles. The summed E-state index contributed by atoms with van der Waals surface area (Å²) < 4.78 is 0. The van der Waals surface area contributed by atoms with E-state index in [0.717, 1.165) is 25.9 Å². The standard InChI is InChI=1S/C14H27N3O2/c1-14(2,3)13(19)16-9-5-7-12(18)17-11-6-4-8-15-10-11/h11,15H,4-10H2,1-3H3,(H,16,19)(H,17,18). The van der Waals surface area contributed by atoms with E-state index in [4.69, 9.17) is 0 Å². The quantitative estimate of drug-likeness (QED) is 0.647. The van der Waals surface area contributed by atoms with E-state index in [1.54, 1.807) is 0 Å². The molecule has 19 heavy (non-hydrogen) atoms. The van der Waals surface area contributed by atoms with E-state index in [-0.39, 0.29) is 23.3 Å². The highest BCUT2D eigenvalue weighted by atomic mass is 16.2. The third-order valence-corrected chi connectivity index (χ3v) is 3.21. The minimum atomic E-state index is -0.365. The fraction of sp³-hybridized carbons (Fsp3) is 0.857. The maximum absolute atomic E-state index is 11.7. The largest absolute Gasteiger partial charge is 0.356 e. The number of hydrogen-bond acceptors (Lipinski definition) is 3. The number of piperidine rings is 1. The second kappa shape index (κ2) is 7.48. The molecule has 3 N–H and O–H groups in total. The molecule has 0 bridgehead atoms. The molecule has 110 valence electrons. The molecule has 5 nitrogen and oxygen atoms in total. The molecule has 0 aromatic rings. The monoisotopic (exact) mass is 269 g/mol. The highest BCUT2D eigenvalue weighted by molar-refractivity contribution is 5.81. The number of amides is 2. The van der Waals surface area contributed by atoms with Crippen LogP contribution in [0.3, 0.4) is 0 Å². The smallest absolute Gasteiger partial charge is 0.225 e.